The van der Waals surface area contributed by atoms with Crippen LogP contribution in [0.3, 0.4) is 0 Å². The van der Waals surface area contributed by atoms with Crippen LogP contribution in [-0.2, 0) is 45.3 Å². The van der Waals surface area contributed by atoms with E-state index < -0.39 is 0 Å². The lowest BCUT2D eigenvalue weighted by molar-refractivity contribution is 0.495. The molecular formula is C38H62. The van der Waals surface area contributed by atoms with Gasteiger partial charge in [-0.25, -0.2) is 0 Å². The minimum Gasteiger partial charge on any atom is -0.0561 e. The molecule has 0 aromatic heterocycles. The highest BCUT2D eigenvalue weighted by atomic mass is 14.4. The average Bonchev–Trinajstić information content (AvgIpc) is 2.66. The molecule has 0 unspecified atom stereocenters. The van der Waals surface area contributed by atoms with Crippen LogP contribution in [0, 0.1) is 0 Å². The highest BCUT2D eigenvalue weighted by Gasteiger charge is 2.34. The van der Waals surface area contributed by atoms with Crippen molar-refractivity contribution in [3.8, 4) is 0 Å². The second-order valence-corrected chi connectivity index (χ2v) is 18.1. The fraction of sp³-hybridized carbons (Fsp3) is 0.684. The number of aryl methyl sites for hydroxylation is 2. The highest BCUT2D eigenvalue weighted by Crippen LogP contribution is 2.43. The molecule has 2 rings (SSSR count). The Kier molecular flexibility index (Phi) is 8.70. The van der Waals surface area contributed by atoms with Crippen molar-refractivity contribution in [2.75, 3.05) is 0 Å². The molecule has 0 aliphatic heterocycles. The fourth-order valence-corrected chi connectivity index (χ4v) is 5.96. The maximum atomic E-state index is 2.54. The van der Waals surface area contributed by atoms with E-state index in [1.54, 1.807) is 11.1 Å². The quantitative estimate of drug-likeness (QED) is 0.379. The smallest absolute Gasteiger partial charge is 0.0126 e. The molecule has 0 amide bonds. The molecule has 0 heterocycles. The number of hydrogen-bond acceptors (Lipinski definition) is 0. The molecule has 0 aliphatic carbocycles. The Hall–Kier alpha value is -1.56. The van der Waals surface area contributed by atoms with Crippen molar-refractivity contribution in [1.82, 2.24) is 0 Å². The summed E-state index contributed by atoms with van der Waals surface area (Å²) < 4.78 is 0. The Balaban J connectivity index is 2.75. The van der Waals surface area contributed by atoms with E-state index >= 15 is 0 Å². The van der Waals surface area contributed by atoms with Crippen molar-refractivity contribution in [3.05, 3.63) is 68.8 Å². The van der Waals surface area contributed by atoms with Crippen molar-refractivity contribution >= 4 is 0 Å². The molecule has 0 saturated heterocycles. The fourth-order valence-electron chi connectivity index (χ4n) is 5.96. The molecule has 0 saturated carbocycles. The van der Waals surface area contributed by atoms with Gasteiger partial charge in [-0.15, -0.1) is 0 Å². The van der Waals surface area contributed by atoms with Crippen molar-refractivity contribution in [1.29, 1.82) is 0 Å². The molecule has 2 aromatic carbocycles. The summed E-state index contributed by atoms with van der Waals surface area (Å²) in [5, 5.41) is 0. The second-order valence-electron chi connectivity index (χ2n) is 18.1. The van der Waals surface area contributed by atoms with E-state index in [-0.39, 0.29) is 32.5 Å². The van der Waals surface area contributed by atoms with Gasteiger partial charge in [0.05, 0.1) is 0 Å². The van der Waals surface area contributed by atoms with Gasteiger partial charge >= 0.3 is 0 Å². The third kappa shape index (κ3) is 7.55. The third-order valence-electron chi connectivity index (χ3n) is 7.83. The Bertz CT molecular complexity index is 964. The molecule has 214 valence electrons. The van der Waals surface area contributed by atoms with Gasteiger partial charge in [-0.1, -0.05) is 149 Å². The molecule has 0 aliphatic rings. The van der Waals surface area contributed by atoms with Gasteiger partial charge in [0.25, 0.3) is 0 Å². The normalized spacial score (nSPS) is 14.3. The summed E-state index contributed by atoms with van der Waals surface area (Å²) in [6.45, 7) is 42.8. The van der Waals surface area contributed by atoms with Crippen LogP contribution in [0.4, 0.5) is 0 Å². The van der Waals surface area contributed by atoms with Crippen LogP contribution >= 0.6 is 0 Å². The molecule has 0 spiro atoms. The lowest BCUT2D eigenvalue weighted by Gasteiger charge is -2.37. The van der Waals surface area contributed by atoms with Crippen molar-refractivity contribution < 1.29 is 0 Å². The van der Waals surface area contributed by atoms with Crippen LogP contribution in [-0.4, -0.2) is 0 Å². The molecule has 38 heavy (non-hydrogen) atoms. The standard InChI is InChI=1S/C38H62/c1-33(2,3)27-21-25(22-28(34(4,5)6)31(27)37(13,14)15)19-20-26-23-29(35(7,8)9)32(38(16,17)18)30(24-26)36(10,11)12/h21-24H,19-20H2,1-18H3. The second kappa shape index (κ2) is 10.1. The highest BCUT2D eigenvalue weighted by molar-refractivity contribution is 5.51. The van der Waals surface area contributed by atoms with E-state index in [1.165, 1.54) is 33.4 Å². The summed E-state index contributed by atoms with van der Waals surface area (Å²) in [6, 6.07) is 10.1. The van der Waals surface area contributed by atoms with E-state index in [4.69, 9.17) is 0 Å². The molecule has 0 fully saturated rings. The lowest BCUT2D eigenvalue weighted by Crippen LogP contribution is -2.29. The minimum absolute atomic E-state index is 0.103. The predicted octanol–water partition coefficient (Wildman–Crippen LogP) is 11.3. The van der Waals surface area contributed by atoms with Gasteiger partial charge in [0.1, 0.15) is 0 Å². The Morgan fingerprint density at radius 1 is 0.316 bits per heavy atom. The summed E-state index contributed by atoms with van der Waals surface area (Å²) in [5.41, 5.74) is 12.7. The largest absolute Gasteiger partial charge is 0.0561 e. The topological polar surface area (TPSA) is 0 Å². The SMILES string of the molecule is CC(C)(C)c1cc(CCc2cc(C(C)(C)C)c(C(C)(C)C)c(C(C)(C)C)c2)cc(C(C)(C)C)c1C(C)(C)C. The van der Waals surface area contributed by atoms with Crippen LogP contribution in [0.1, 0.15) is 169 Å². The van der Waals surface area contributed by atoms with Crippen molar-refractivity contribution in [2.45, 2.75) is 170 Å². The van der Waals surface area contributed by atoms with Crippen molar-refractivity contribution in [2.24, 2.45) is 0 Å². The summed E-state index contributed by atoms with van der Waals surface area (Å²) >= 11 is 0. The molecule has 0 nitrogen and oxygen atoms in total. The molecule has 0 bridgehead atoms. The molecule has 0 radical (unpaired) electrons. The van der Waals surface area contributed by atoms with Crippen LogP contribution in [0.2, 0.25) is 0 Å². The van der Waals surface area contributed by atoms with Gasteiger partial charge in [-0.2, -0.15) is 0 Å². The summed E-state index contributed by atoms with van der Waals surface area (Å²) in [4.78, 5) is 0. The zero-order valence-electron chi connectivity index (χ0n) is 28.7. The van der Waals surface area contributed by atoms with E-state index in [1.807, 2.05) is 0 Å². The number of benzene rings is 2. The monoisotopic (exact) mass is 518 g/mol. The van der Waals surface area contributed by atoms with E-state index in [0.29, 0.717) is 0 Å². The first-order valence-corrected chi connectivity index (χ1v) is 15.0. The molecule has 0 heteroatoms. The van der Waals surface area contributed by atoms with Gasteiger partial charge in [0.2, 0.25) is 0 Å². The predicted molar refractivity (Wildman–Crippen MR) is 172 cm³/mol. The van der Waals surface area contributed by atoms with Crippen molar-refractivity contribution in [3.63, 3.8) is 0 Å². The Morgan fingerprint density at radius 3 is 0.632 bits per heavy atom. The van der Waals surface area contributed by atoms with E-state index in [0.717, 1.165) is 12.8 Å². The molecule has 0 atom stereocenters. The number of hydrogen-bond donors (Lipinski definition) is 0. The van der Waals surface area contributed by atoms with Crippen LogP contribution < -0.4 is 0 Å². The van der Waals surface area contributed by atoms with Gasteiger partial charge in [-0.05, 0) is 89.8 Å². The van der Waals surface area contributed by atoms with Gasteiger partial charge in [0.15, 0.2) is 0 Å². The molecule has 2 aromatic rings. The van der Waals surface area contributed by atoms with E-state index in [9.17, 15) is 0 Å². The average molecular weight is 519 g/mol. The first kappa shape index (κ1) is 32.7. The maximum Gasteiger partial charge on any atom is -0.0126 e. The van der Waals surface area contributed by atoms with Crippen LogP contribution in [0.25, 0.3) is 0 Å². The van der Waals surface area contributed by atoms with Gasteiger partial charge < -0.3 is 0 Å². The number of rotatable bonds is 3. The first-order valence-electron chi connectivity index (χ1n) is 15.0. The third-order valence-corrected chi connectivity index (χ3v) is 7.83. The maximum absolute atomic E-state index is 2.54. The van der Waals surface area contributed by atoms with Gasteiger partial charge in [-0.3, -0.25) is 0 Å². The zero-order chi connectivity index (χ0) is 29.9. The van der Waals surface area contributed by atoms with Gasteiger partial charge in [0, 0.05) is 0 Å². The van der Waals surface area contributed by atoms with Crippen LogP contribution in [0.15, 0.2) is 24.3 Å². The van der Waals surface area contributed by atoms with Crippen LogP contribution in [0.5, 0.6) is 0 Å². The molecular weight excluding hydrogens is 456 g/mol. The Labute approximate surface area is 238 Å². The Morgan fingerprint density at radius 2 is 0.500 bits per heavy atom. The lowest BCUT2D eigenvalue weighted by atomic mass is 9.67. The molecule has 0 N–H and O–H groups in total. The summed E-state index contributed by atoms with van der Waals surface area (Å²) in [7, 11) is 0. The summed E-state index contributed by atoms with van der Waals surface area (Å²) in [6.07, 6.45) is 2.14. The first-order chi connectivity index (χ1) is 16.6. The minimum atomic E-state index is 0.103. The zero-order valence-corrected chi connectivity index (χ0v) is 28.7. The van der Waals surface area contributed by atoms with E-state index in [2.05, 4.69) is 149 Å². The summed E-state index contributed by atoms with van der Waals surface area (Å²) in [5.74, 6) is 0.